The molecule has 0 aliphatic heterocycles. The summed E-state index contributed by atoms with van der Waals surface area (Å²) in [5, 5.41) is 0. The smallest absolute Gasteiger partial charge is 0.306 e. The number of rotatable bonds is 47. The van der Waals surface area contributed by atoms with Crippen molar-refractivity contribution in [3.8, 4) is 0 Å². The van der Waals surface area contributed by atoms with Gasteiger partial charge in [0.15, 0.2) is 6.10 Å². The van der Waals surface area contributed by atoms with Crippen LogP contribution in [0.2, 0.25) is 0 Å². The standard InChI is InChI=1S/C59H98O6/c1-4-7-10-13-16-19-21-23-25-27-29-31-33-35-37-40-43-46-49-52-58(61)64-55-56(54-63-57(60)51-48-45-42-39-18-15-12-9-6-3)65-59(62)53-50-47-44-41-38-36-34-32-30-28-26-24-22-20-17-14-11-8-5-2/h7-8,10-11,16-17,19-20,23-26,29,31,39,42,56H,4-6,9,12-15,18,21-22,27-28,30,32-38,40-41,43-55H2,1-3H3/b10-7-,11-8-,19-16-,20-17-,25-23-,26-24-,31-29-,42-39-. The third-order valence-electron chi connectivity index (χ3n) is 11.1. The lowest BCUT2D eigenvalue weighted by Gasteiger charge is -2.18. The van der Waals surface area contributed by atoms with E-state index in [0.29, 0.717) is 25.7 Å². The van der Waals surface area contributed by atoms with E-state index in [2.05, 4.69) is 118 Å². The zero-order chi connectivity index (χ0) is 47.2. The lowest BCUT2D eigenvalue weighted by atomic mass is 10.1. The molecule has 0 aliphatic rings. The van der Waals surface area contributed by atoms with Gasteiger partial charge in [-0.3, -0.25) is 14.4 Å². The van der Waals surface area contributed by atoms with Gasteiger partial charge in [0.05, 0.1) is 0 Å². The summed E-state index contributed by atoms with van der Waals surface area (Å²) >= 11 is 0. The molecule has 6 nitrogen and oxygen atoms in total. The largest absolute Gasteiger partial charge is 0.462 e. The molecule has 0 aromatic carbocycles. The number of unbranched alkanes of at least 4 members (excludes halogenated alkanes) is 20. The van der Waals surface area contributed by atoms with E-state index in [9.17, 15) is 14.4 Å². The van der Waals surface area contributed by atoms with E-state index in [1.807, 2.05) is 0 Å². The molecule has 0 aromatic rings. The molecule has 65 heavy (non-hydrogen) atoms. The van der Waals surface area contributed by atoms with Crippen LogP contribution in [0.1, 0.15) is 239 Å². The Balaban J connectivity index is 4.36. The number of carbonyl (C=O) groups excluding carboxylic acids is 3. The summed E-state index contributed by atoms with van der Waals surface area (Å²) in [4.78, 5) is 38.0. The maximum Gasteiger partial charge on any atom is 0.306 e. The molecular weight excluding hydrogens is 805 g/mol. The fraction of sp³-hybridized carbons (Fsp3) is 0.678. The molecule has 0 aromatic heterocycles. The molecule has 0 fully saturated rings. The van der Waals surface area contributed by atoms with Crippen LogP contribution in [-0.2, 0) is 28.6 Å². The fourth-order valence-corrected chi connectivity index (χ4v) is 7.10. The fourth-order valence-electron chi connectivity index (χ4n) is 7.10. The number of hydrogen-bond acceptors (Lipinski definition) is 6. The van der Waals surface area contributed by atoms with Gasteiger partial charge in [-0.25, -0.2) is 0 Å². The van der Waals surface area contributed by atoms with Crippen LogP contribution < -0.4 is 0 Å². The third-order valence-corrected chi connectivity index (χ3v) is 11.1. The lowest BCUT2D eigenvalue weighted by molar-refractivity contribution is -0.167. The summed E-state index contributed by atoms with van der Waals surface area (Å²) in [7, 11) is 0. The molecule has 0 bridgehead atoms. The molecule has 0 aliphatic carbocycles. The molecule has 0 radical (unpaired) electrons. The minimum atomic E-state index is -0.797. The molecule has 0 N–H and O–H groups in total. The first-order chi connectivity index (χ1) is 32.0. The Bertz CT molecular complexity index is 1310. The highest BCUT2D eigenvalue weighted by Crippen LogP contribution is 2.14. The highest BCUT2D eigenvalue weighted by Gasteiger charge is 2.19. The van der Waals surface area contributed by atoms with Crippen molar-refractivity contribution in [2.24, 2.45) is 0 Å². The Morgan fingerprint density at radius 1 is 0.323 bits per heavy atom. The van der Waals surface area contributed by atoms with Crippen molar-refractivity contribution in [3.63, 3.8) is 0 Å². The number of ether oxygens (including phenoxy) is 3. The predicted octanol–water partition coefficient (Wildman–Crippen LogP) is 17.8. The van der Waals surface area contributed by atoms with Crippen LogP contribution in [0.25, 0.3) is 0 Å². The maximum atomic E-state index is 12.8. The van der Waals surface area contributed by atoms with Crippen molar-refractivity contribution < 1.29 is 28.6 Å². The lowest BCUT2D eigenvalue weighted by Crippen LogP contribution is -2.30. The number of carbonyl (C=O) groups is 3. The van der Waals surface area contributed by atoms with E-state index >= 15 is 0 Å². The van der Waals surface area contributed by atoms with Gasteiger partial charge in [0, 0.05) is 19.3 Å². The van der Waals surface area contributed by atoms with Crippen LogP contribution in [0.15, 0.2) is 97.2 Å². The van der Waals surface area contributed by atoms with Crippen molar-refractivity contribution in [2.75, 3.05) is 13.2 Å². The van der Waals surface area contributed by atoms with Crippen molar-refractivity contribution in [1.29, 1.82) is 0 Å². The molecule has 0 saturated heterocycles. The van der Waals surface area contributed by atoms with Gasteiger partial charge < -0.3 is 14.2 Å². The Labute approximate surface area is 400 Å². The van der Waals surface area contributed by atoms with Crippen molar-refractivity contribution in [2.45, 2.75) is 245 Å². The Hall–Kier alpha value is -3.67. The summed E-state index contributed by atoms with van der Waals surface area (Å²) < 4.78 is 16.7. The summed E-state index contributed by atoms with van der Waals surface area (Å²) in [6.45, 7) is 6.34. The second kappa shape index (κ2) is 52.9. The van der Waals surface area contributed by atoms with Crippen LogP contribution in [-0.4, -0.2) is 37.2 Å². The van der Waals surface area contributed by atoms with E-state index in [0.717, 1.165) is 116 Å². The first-order valence-electron chi connectivity index (χ1n) is 26.7. The van der Waals surface area contributed by atoms with Crippen molar-refractivity contribution in [1.82, 2.24) is 0 Å². The molecule has 1 atom stereocenters. The van der Waals surface area contributed by atoms with E-state index in [-0.39, 0.29) is 31.1 Å². The number of hydrogen-bond donors (Lipinski definition) is 0. The first kappa shape index (κ1) is 61.3. The molecule has 0 saturated carbocycles. The monoisotopic (exact) mass is 903 g/mol. The highest BCUT2D eigenvalue weighted by molar-refractivity contribution is 5.71. The number of allylic oxidation sites excluding steroid dienone is 16. The molecule has 1 unspecified atom stereocenters. The summed E-state index contributed by atoms with van der Waals surface area (Å²) in [5.41, 5.74) is 0. The SMILES string of the molecule is CC/C=C\C/C=C\C/C=C\C/C=C\CCCCCCCCC(=O)OCC(COC(=O)CCC/C=C\CCCCCC)OC(=O)CCCCCCCCCCC/C=C\C/C=C\C/C=C\CC. The average molecular weight is 903 g/mol. The molecular formula is C59H98O6. The van der Waals surface area contributed by atoms with Crippen molar-refractivity contribution in [3.05, 3.63) is 97.2 Å². The molecule has 0 spiro atoms. The predicted molar refractivity (Wildman–Crippen MR) is 279 cm³/mol. The van der Waals surface area contributed by atoms with Gasteiger partial charge in [0.2, 0.25) is 0 Å². The minimum absolute atomic E-state index is 0.0965. The van der Waals surface area contributed by atoms with Gasteiger partial charge in [-0.2, -0.15) is 0 Å². The summed E-state index contributed by atoms with van der Waals surface area (Å²) in [6, 6.07) is 0. The summed E-state index contributed by atoms with van der Waals surface area (Å²) in [6.07, 6.45) is 69.8. The normalized spacial score (nSPS) is 12.8. The Morgan fingerprint density at radius 2 is 0.615 bits per heavy atom. The Kier molecular flexibility index (Phi) is 50.0. The van der Waals surface area contributed by atoms with Crippen LogP contribution >= 0.6 is 0 Å². The second-order valence-corrected chi connectivity index (χ2v) is 17.4. The van der Waals surface area contributed by atoms with E-state index in [4.69, 9.17) is 14.2 Å². The van der Waals surface area contributed by atoms with Gasteiger partial charge in [-0.05, 0) is 109 Å². The molecule has 0 rings (SSSR count). The topological polar surface area (TPSA) is 78.9 Å². The van der Waals surface area contributed by atoms with Crippen molar-refractivity contribution >= 4 is 17.9 Å². The first-order valence-corrected chi connectivity index (χ1v) is 26.7. The minimum Gasteiger partial charge on any atom is -0.462 e. The zero-order valence-corrected chi connectivity index (χ0v) is 42.2. The van der Waals surface area contributed by atoms with Gasteiger partial charge >= 0.3 is 17.9 Å². The van der Waals surface area contributed by atoms with Gasteiger partial charge in [-0.15, -0.1) is 0 Å². The van der Waals surface area contributed by atoms with Gasteiger partial charge in [0.25, 0.3) is 0 Å². The molecule has 0 heterocycles. The van der Waals surface area contributed by atoms with Crippen LogP contribution in [0.4, 0.5) is 0 Å². The van der Waals surface area contributed by atoms with Crippen LogP contribution in [0.5, 0.6) is 0 Å². The molecule has 370 valence electrons. The van der Waals surface area contributed by atoms with Crippen LogP contribution in [0.3, 0.4) is 0 Å². The number of esters is 3. The molecule has 0 amide bonds. The Morgan fingerprint density at radius 3 is 1.02 bits per heavy atom. The summed E-state index contributed by atoms with van der Waals surface area (Å²) in [5.74, 6) is -0.953. The average Bonchev–Trinajstić information content (AvgIpc) is 3.30. The van der Waals surface area contributed by atoms with E-state index < -0.39 is 6.10 Å². The van der Waals surface area contributed by atoms with E-state index in [1.165, 1.54) is 77.0 Å². The van der Waals surface area contributed by atoms with Crippen LogP contribution in [0, 0.1) is 0 Å². The van der Waals surface area contributed by atoms with E-state index in [1.54, 1.807) is 0 Å². The van der Waals surface area contributed by atoms with Gasteiger partial charge in [0.1, 0.15) is 13.2 Å². The zero-order valence-electron chi connectivity index (χ0n) is 42.2. The quantitative estimate of drug-likeness (QED) is 0.0262. The second-order valence-electron chi connectivity index (χ2n) is 17.4. The highest BCUT2D eigenvalue weighted by atomic mass is 16.6. The molecule has 6 heteroatoms. The van der Waals surface area contributed by atoms with Gasteiger partial charge in [-0.1, -0.05) is 208 Å². The maximum absolute atomic E-state index is 12.8. The third kappa shape index (κ3) is 51.2.